The number of aryl methyl sites for hydroxylation is 1. The summed E-state index contributed by atoms with van der Waals surface area (Å²) in [6, 6.07) is 12.9. The van der Waals surface area contributed by atoms with E-state index in [1.807, 2.05) is 51.1 Å². The van der Waals surface area contributed by atoms with E-state index in [9.17, 15) is 13.2 Å². The van der Waals surface area contributed by atoms with E-state index < -0.39 is 21.3 Å². The number of hydrogen-bond donors (Lipinski definition) is 2. The average Bonchev–Trinajstić information content (AvgIpc) is 3.29. The van der Waals surface area contributed by atoms with Gasteiger partial charge in [0.25, 0.3) is 5.91 Å². The van der Waals surface area contributed by atoms with E-state index in [1.165, 1.54) is 7.11 Å². The van der Waals surface area contributed by atoms with Gasteiger partial charge in [-0.25, -0.2) is 18.4 Å². The summed E-state index contributed by atoms with van der Waals surface area (Å²) < 4.78 is 40.2. The number of para-hydroxylation sites is 1. The molecular formula is C31H39N7O5S. The van der Waals surface area contributed by atoms with Crippen LogP contribution in [0.1, 0.15) is 37.0 Å². The van der Waals surface area contributed by atoms with Crippen LogP contribution in [-0.4, -0.2) is 80.4 Å². The van der Waals surface area contributed by atoms with Gasteiger partial charge < -0.3 is 29.2 Å². The van der Waals surface area contributed by atoms with Gasteiger partial charge in [0.15, 0.2) is 17.3 Å². The second-order valence-corrected chi connectivity index (χ2v) is 13.8. The second kappa shape index (κ2) is 12.0. The van der Waals surface area contributed by atoms with Gasteiger partial charge in [-0.15, -0.1) is 0 Å². The standard InChI is InChI=1S/C31H39N7O5S/c1-31(2,3)25-19-22(28(42-6)29(34-25)35-44(7,40)41)33-30(39)23-17-20-9-8-10-24(27(20)37(23)5)43-21-11-12-32-26(18-21)38-15-13-36(4)14-16-38/h8-12,17-19H,13-16H2,1-7H3,(H2,33,34,35,39). The zero-order valence-electron chi connectivity index (χ0n) is 26.1. The molecule has 0 aliphatic carbocycles. The monoisotopic (exact) mass is 621 g/mol. The van der Waals surface area contributed by atoms with Gasteiger partial charge in [0, 0.05) is 56.3 Å². The third-order valence-electron chi connectivity index (χ3n) is 7.50. The number of benzene rings is 1. The number of piperazine rings is 1. The van der Waals surface area contributed by atoms with Gasteiger partial charge >= 0.3 is 0 Å². The first kappa shape index (κ1) is 31.1. The summed E-state index contributed by atoms with van der Waals surface area (Å²) in [6.07, 6.45) is 2.78. The molecule has 0 saturated carbocycles. The Hall–Kier alpha value is -4.36. The number of carbonyl (C=O) groups is 1. The number of amides is 1. The highest BCUT2D eigenvalue weighted by Gasteiger charge is 2.25. The van der Waals surface area contributed by atoms with E-state index in [0.29, 0.717) is 28.6 Å². The molecule has 2 N–H and O–H groups in total. The third-order valence-corrected chi connectivity index (χ3v) is 8.06. The van der Waals surface area contributed by atoms with E-state index in [-0.39, 0.29) is 11.6 Å². The Kier molecular flexibility index (Phi) is 8.45. The second-order valence-electron chi connectivity index (χ2n) is 12.0. The number of likely N-dealkylation sites (N-methyl/N-ethyl adjacent to an activating group) is 1. The van der Waals surface area contributed by atoms with Gasteiger partial charge in [0.1, 0.15) is 17.3 Å². The summed E-state index contributed by atoms with van der Waals surface area (Å²) in [5.41, 5.74) is 1.53. The molecule has 13 heteroatoms. The van der Waals surface area contributed by atoms with Gasteiger partial charge in [-0.05, 0) is 31.3 Å². The molecule has 234 valence electrons. The molecular weight excluding hydrogens is 582 g/mol. The normalized spacial score (nSPS) is 14.5. The molecule has 1 saturated heterocycles. The van der Waals surface area contributed by atoms with Crippen LogP contribution in [0.2, 0.25) is 0 Å². The molecule has 3 aromatic heterocycles. The van der Waals surface area contributed by atoms with E-state index in [1.54, 1.807) is 29.9 Å². The first-order valence-electron chi connectivity index (χ1n) is 14.3. The van der Waals surface area contributed by atoms with Gasteiger partial charge in [-0.1, -0.05) is 32.9 Å². The van der Waals surface area contributed by atoms with Crippen molar-refractivity contribution in [2.75, 3.05) is 61.5 Å². The molecule has 0 atom stereocenters. The maximum Gasteiger partial charge on any atom is 0.272 e. The van der Waals surface area contributed by atoms with Crippen LogP contribution in [0.3, 0.4) is 0 Å². The molecule has 1 fully saturated rings. The number of ether oxygens (including phenoxy) is 2. The lowest BCUT2D eigenvalue weighted by molar-refractivity contribution is 0.101. The Bertz CT molecular complexity index is 1810. The van der Waals surface area contributed by atoms with Crippen LogP contribution in [0, 0.1) is 0 Å². The Morgan fingerprint density at radius 3 is 2.41 bits per heavy atom. The fourth-order valence-corrected chi connectivity index (χ4v) is 5.62. The highest BCUT2D eigenvalue weighted by Crippen LogP contribution is 2.38. The van der Waals surface area contributed by atoms with Crippen molar-refractivity contribution in [3.63, 3.8) is 0 Å². The van der Waals surface area contributed by atoms with Crippen LogP contribution in [0.25, 0.3) is 10.9 Å². The van der Waals surface area contributed by atoms with Crippen molar-refractivity contribution < 1.29 is 22.7 Å². The summed E-state index contributed by atoms with van der Waals surface area (Å²) in [6.45, 7) is 9.56. The fourth-order valence-electron chi connectivity index (χ4n) is 5.13. The largest absolute Gasteiger partial charge is 0.491 e. The number of aromatic nitrogens is 3. The van der Waals surface area contributed by atoms with E-state index >= 15 is 0 Å². The molecule has 0 bridgehead atoms. The highest BCUT2D eigenvalue weighted by atomic mass is 32.2. The molecule has 0 spiro atoms. The average molecular weight is 622 g/mol. The van der Waals surface area contributed by atoms with Gasteiger partial charge in [0.2, 0.25) is 10.0 Å². The minimum atomic E-state index is -3.67. The van der Waals surface area contributed by atoms with Crippen molar-refractivity contribution in [3.05, 3.63) is 60.0 Å². The molecule has 5 rings (SSSR count). The quantitative estimate of drug-likeness (QED) is 0.293. The Labute approximate surface area is 258 Å². The first-order valence-corrected chi connectivity index (χ1v) is 16.2. The number of pyridine rings is 2. The molecule has 44 heavy (non-hydrogen) atoms. The number of rotatable bonds is 8. The number of anilines is 3. The smallest absolute Gasteiger partial charge is 0.272 e. The topological polar surface area (TPSA) is 131 Å². The van der Waals surface area contributed by atoms with E-state index in [4.69, 9.17) is 9.47 Å². The van der Waals surface area contributed by atoms with E-state index in [0.717, 1.165) is 49.2 Å². The number of nitrogens with one attached hydrogen (secondary N) is 2. The maximum atomic E-state index is 13.7. The SMILES string of the molecule is COc1c(NC(=O)c2cc3cccc(Oc4ccnc(N5CCN(C)CC5)c4)c3n2C)cc(C(C)(C)C)nc1NS(C)(=O)=O. The summed E-state index contributed by atoms with van der Waals surface area (Å²) in [4.78, 5) is 27.3. The van der Waals surface area contributed by atoms with Crippen LogP contribution in [0.15, 0.2) is 48.7 Å². The molecule has 0 radical (unpaired) electrons. The lowest BCUT2D eigenvalue weighted by Crippen LogP contribution is -2.44. The van der Waals surface area contributed by atoms with Crippen molar-refractivity contribution in [1.29, 1.82) is 0 Å². The number of hydrogen-bond acceptors (Lipinski definition) is 9. The Morgan fingerprint density at radius 2 is 1.75 bits per heavy atom. The van der Waals surface area contributed by atoms with Crippen molar-refractivity contribution >= 4 is 44.2 Å². The van der Waals surface area contributed by atoms with Crippen molar-refractivity contribution in [2.45, 2.75) is 26.2 Å². The minimum Gasteiger partial charge on any atom is -0.491 e. The van der Waals surface area contributed by atoms with Crippen LogP contribution in [0.4, 0.5) is 17.3 Å². The van der Waals surface area contributed by atoms with Crippen molar-refractivity contribution in [3.8, 4) is 17.2 Å². The lowest BCUT2D eigenvalue weighted by atomic mass is 9.91. The zero-order chi connectivity index (χ0) is 31.8. The molecule has 0 unspecified atom stereocenters. The molecule has 1 aromatic carbocycles. The number of fused-ring (bicyclic) bond motifs is 1. The highest BCUT2D eigenvalue weighted by molar-refractivity contribution is 7.92. The Morgan fingerprint density at radius 1 is 1.02 bits per heavy atom. The number of nitrogens with zero attached hydrogens (tertiary/aromatic N) is 5. The molecule has 1 aliphatic heterocycles. The number of methoxy groups -OCH3 is 1. The number of carbonyl (C=O) groups excluding carboxylic acids is 1. The summed E-state index contributed by atoms with van der Waals surface area (Å²) in [5, 5.41) is 3.74. The summed E-state index contributed by atoms with van der Waals surface area (Å²) in [5.74, 6) is 1.80. The molecule has 4 heterocycles. The zero-order valence-corrected chi connectivity index (χ0v) is 26.9. The minimum absolute atomic E-state index is 0.00116. The fraction of sp³-hybridized carbons (Fsp3) is 0.387. The summed E-state index contributed by atoms with van der Waals surface area (Å²) >= 11 is 0. The summed E-state index contributed by atoms with van der Waals surface area (Å²) in [7, 11) is 1.64. The predicted octanol–water partition coefficient (Wildman–Crippen LogP) is 4.44. The van der Waals surface area contributed by atoms with Crippen molar-refractivity contribution in [1.82, 2.24) is 19.4 Å². The molecule has 4 aromatic rings. The van der Waals surface area contributed by atoms with Crippen LogP contribution < -0.4 is 24.4 Å². The predicted molar refractivity (Wildman–Crippen MR) is 173 cm³/mol. The third kappa shape index (κ3) is 6.73. The molecule has 1 amide bonds. The molecule has 1 aliphatic rings. The van der Waals surface area contributed by atoms with E-state index in [2.05, 4.69) is 36.9 Å². The maximum absolute atomic E-state index is 13.7. The first-order chi connectivity index (χ1) is 20.7. The van der Waals surface area contributed by atoms with Gasteiger partial charge in [-0.3, -0.25) is 9.52 Å². The van der Waals surface area contributed by atoms with Gasteiger partial charge in [0.05, 0.1) is 30.3 Å². The van der Waals surface area contributed by atoms with Crippen molar-refractivity contribution in [2.24, 2.45) is 7.05 Å². The van der Waals surface area contributed by atoms with Crippen LogP contribution in [0.5, 0.6) is 17.2 Å². The van der Waals surface area contributed by atoms with Crippen LogP contribution >= 0.6 is 0 Å². The van der Waals surface area contributed by atoms with Crippen LogP contribution in [-0.2, 0) is 22.5 Å². The molecule has 12 nitrogen and oxygen atoms in total. The lowest BCUT2D eigenvalue weighted by Gasteiger charge is -2.33. The Balaban J connectivity index is 1.47. The van der Waals surface area contributed by atoms with Gasteiger partial charge in [-0.2, -0.15) is 0 Å². The number of sulfonamides is 1.